The highest BCUT2D eigenvalue weighted by Gasteiger charge is 2.33. The molecule has 0 bridgehead atoms. The van der Waals surface area contributed by atoms with Gasteiger partial charge in [0.25, 0.3) is 0 Å². The highest BCUT2D eigenvalue weighted by molar-refractivity contribution is 7.90. The number of esters is 1. The Morgan fingerprint density at radius 2 is 2.06 bits per heavy atom. The van der Waals surface area contributed by atoms with Gasteiger partial charge in [0, 0.05) is 18.4 Å². The van der Waals surface area contributed by atoms with Crippen molar-refractivity contribution in [1.82, 2.24) is 20.0 Å². The number of benzene rings is 1. The smallest absolute Gasteiger partial charge is 0.432 e. The van der Waals surface area contributed by atoms with Gasteiger partial charge in [-0.1, -0.05) is 19.1 Å². The first-order valence-corrected chi connectivity index (χ1v) is 12.2. The molecule has 33 heavy (non-hydrogen) atoms. The number of likely N-dealkylation sites (N-methyl/N-ethyl adjacent to an activating group) is 1. The Bertz CT molecular complexity index is 1130. The molecular formula is C19H22F3N5O4S2. The van der Waals surface area contributed by atoms with Crippen LogP contribution in [0.3, 0.4) is 0 Å². The molecule has 1 heterocycles. The predicted octanol–water partition coefficient (Wildman–Crippen LogP) is 2.27. The van der Waals surface area contributed by atoms with Crippen LogP contribution in [0.25, 0.3) is 16.3 Å². The summed E-state index contributed by atoms with van der Waals surface area (Å²) in [7, 11) is -3.48. The second-order valence-corrected chi connectivity index (χ2v) is 9.39. The highest BCUT2D eigenvalue weighted by Crippen LogP contribution is 2.26. The zero-order valence-corrected chi connectivity index (χ0v) is 19.3. The van der Waals surface area contributed by atoms with Crippen molar-refractivity contribution in [1.29, 1.82) is 5.41 Å². The monoisotopic (exact) mass is 505 g/mol. The summed E-state index contributed by atoms with van der Waals surface area (Å²) in [5.41, 5.74) is -1.57. The summed E-state index contributed by atoms with van der Waals surface area (Å²) in [5.74, 6) is -0.900. The molecule has 0 radical (unpaired) electrons. The number of rotatable bonds is 11. The molecule has 3 N–H and O–H groups in total. The number of alkyl halides is 3. The lowest BCUT2D eigenvalue weighted by Crippen LogP contribution is -2.28. The molecule has 0 unspecified atom stereocenters. The van der Waals surface area contributed by atoms with Crippen molar-refractivity contribution >= 4 is 38.7 Å². The van der Waals surface area contributed by atoms with E-state index in [9.17, 15) is 26.4 Å². The average Bonchev–Trinajstić information content (AvgIpc) is 3.23. The van der Waals surface area contributed by atoms with E-state index in [1.165, 1.54) is 18.2 Å². The Kier molecular flexibility index (Phi) is 9.07. The minimum absolute atomic E-state index is 0.0461. The number of carbonyl (C=O) groups excluding carboxylic acids is 1. The quantitative estimate of drug-likeness (QED) is 0.241. The van der Waals surface area contributed by atoms with Crippen molar-refractivity contribution < 1.29 is 31.1 Å². The van der Waals surface area contributed by atoms with Gasteiger partial charge in [-0.15, -0.1) is 0 Å². The third-order valence-corrected chi connectivity index (χ3v) is 5.86. The van der Waals surface area contributed by atoms with Crippen molar-refractivity contribution in [3.05, 3.63) is 36.2 Å². The van der Waals surface area contributed by atoms with Crippen LogP contribution < -0.4 is 10.6 Å². The summed E-state index contributed by atoms with van der Waals surface area (Å²) in [6.45, 7) is 2.60. The summed E-state index contributed by atoms with van der Waals surface area (Å²) in [4.78, 5) is 16.1. The lowest BCUT2D eigenvalue weighted by molar-refractivity contribution is -0.142. The zero-order valence-electron chi connectivity index (χ0n) is 17.7. The normalized spacial score (nSPS) is 12.5. The molecule has 0 atom stereocenters. The molecule has 0 spiro atoms. The Hall–Kier alpha value is -2.84. The largest absolute Gasteiger partial charge is 0.463 e. The number of halogens is 3. The van der Waals surface area contributed by atoms with Crippen LogP contribution in [0.1, 0.15) is 12.7 Å². The Morgan fingerprint density at radius 3 is 2.70 bits per heavy atom. The summed E-state index contributed by atoms with van der Waals surface area (Å²) in [6.07, 6.45) is -3.39. The number of hydrogen-bond donors (Lipinski definition) is 3. The molecule has 0 amide bonds. The van der Waals surface area contributed by atoms with Crippen molar-refractivity contribution in [2.45, 2.75) is 18.0 Å². The van der Waals surface area contributed by atoms with Crippen LogP contribution in [-0.2, 0) is 19.4 Å². The average molecular weight is 506 g/mol. The Balaban J connectivity index is 2.26. The van der Waals surface area contributed by atoms with E-state index in [-0.39, 0.29) is 28.0 Å². The van der Waals surface area contributed by atoms with Gasteiger partial charge in [0.15, 0.2) is 15.7 Å². The van der Waals surface area contributed by atoms with Gasteiger partial charge in [0.1, 0.15) is 23.9 Å². The molecule has 180 valence electrons. The molecule has 0 saturated carbocycles. The number of nitrogens with one attached hydrogen (secondary N) is 3. The first kappa shape index (κ1) is 26.4. The van der Waals surface area contributed by atoms with Crippen LogP contribution in [0.2, 0.25) is 0 Å². The third kappa shape index (κ3) is 8.22. The van der Waals surface area contributed by atoms with Gasteiger partial charge in [-0.25, -0.2) is 13.4 Å². The molecule has 2 aromatic rings. The fourth-order valence-corrected chi connectivity index (χ4v) is 3.70. The number of carbonyl (C=O) groups is 1. The van der Waals surface area contributed by atoms with E-state index >= 15 is 0 Å². The highest BCUT2D eigenvalue weighted by atomic mass is 32.2. The number of aromatic nitrogens is 2. The van der Waals surface area contributed by atoms with Crippen LogP contribution in [0.5, 0.6) is 0 Å². The summed E-state index contributed by atoms with van der Waals surface area (Å²) >= 11 is 0.826. The summed E-state index contributed by atoms with van der Waals surface area (Å²) < 4.78 is 71.2. The van der Waals surface area contributed by atoms with E-state index in [0.717, 1.165) is 17.8 Å². The maximum absolute atomic E-state index is 12.9. The maximum atomic E-state index is 12.9. The fraction of sp³-hybridized carbons (Fsp3) is 0.368. The molecule has 14 heteroatoms. The topological polar surface area (TPSA) is 134 Å². The zero-order chi connectivity index (χ0) is 24.6. The van der Waals surface area contributed by atoms with Crippen LogP contribution in [0.15, 0.2) is 35.2 Å². The second-order valence-electron chi connectivity index (χ2n) is 6.62. The minimum atomic E-state index is -4.91. The second kappa shape index (κ2) is 11.3. The molecule has 0 aliphatic rings. The van der Waals surface area contributed by atoms with Gasteiger partial charge in [0.2, 0.25) is 0 Å². The Morgan fingerprint density at radius 1 is 1.33 bits per heavy atom. The van der Waals surface area contributed by atoms with E-state index in [2.05, 4.69) is 20.0 Å². The van der Waals surface area contributed by atoms with Crippen molar-refractivity contribution in [2.24, 2.45) is 0 Å². The summed E-state index contributed by atoms with van der Waals surface area (Å²) in [5, 5.41) is 12.9. The fourth-order valence-electron chi connectivity index (χ4n) is 2.36. The van der Waals surface area contributed by atoms with E-state index in [4.69, 9.17) is 10.1 Å². The molecule has 0 aliphatic heterocycles. The van der Waals surface area contributed by atoms with Crippen LogP contribution >= 0.6 is 11.5 Å². The van der Waals surface area contributed by atoms with Gasteiger partial charge < -0.3 is 15.4 Å². The molecule has 9 nitrogen and oxygen atoms in total. The van der Waals surface area contributed by atoms with Gasteiger partial charge >= 0.3 is 12.1 Å². The number of ether oxygens (including phenoxy) is 1. The molecule has 1 aromatic heterocycles. The van der Waals surface area contributed by atoms with Gasteiger partial charge in [-0.05, 0) is 36.3 Å². The van der Waals surface area contributed by atoms with Crippen molar-refractivity contribution in [3.63, 3.8) is 0 Å². The first-order valence-electron chi connectivity index (χ1n) is 9.54. The van der Waals surface area contributed by atoms with E-state index in [1.54, 1.807) is 6.07 Å². The standard InChI is InChI=1S/C19H22F3N5O4S2/c1-3-24-7-8-31-16(28)11-25-14(10-15(23)19(20,21)22)17-26-18(32-27-17)12-5-4-6-13(9-12)33(2,29)30/h4-6,9-10,23-25H,3,7-8,11H2,1-2H3/b14-10-,23-15?. The predicted molar refractivity (Wildman–Crippen MR) is 118 cm³/mol. The number of nitrogens with zero attached hydrogens (tertiary/aromatic N) is 2. The lowest BCUT2D eigenvalue weighted by Gasteiger charge is -2.10. The van der Waals surface area contributed by atoms with Gasteiger partial charge in [-0.2, -0.15) is 17.5 Å². The maximum Gasteiger partial charge on any atom is 0.432 e. The van der Waals surface area contributed by atoms with Crippen molar-refractivity contribution in [2.75, 3.05) is 32.5 Å². The molecule has 0 aliphatic carbocycles. The third-order valence-electron chi connectivity index (χ3n) is 3.99. The molecule has 1 aromatic carbocycles. The van der Waals surface area contributed by atoms with E-state index in [1.807, 2.05) is 6.92 Å². The van der Waals surface area contributed by atoms with E-state index < -0.39 is 34.2 Å². The molecule has 2 rings (SSSR count). The number of allylic oxidation sites excluding steroid dienone is 1. The van der Waals surface area contributed by atoms with Crippen molar-refractivity contribution in [3.8, 4) is 10.6 Å². The molecule has 0 saturated heterocycles. The van der Waals surface area contributed by atoms with Gasteiger partial charge in [-0.3, -0.25) is 10.2 Å². The lowest BCUT2D eigenvalue weighted by atomic mass is 10.2. The number of sulfone groups is 1. The number of hydrogen-bond acceptors (Lipinski definition) is 10. The van der Waals surface area contributed by atoms with Crippen LogP contribution in [0, 0.1) is 5.41 Å². The van der Waals surface area contributed by atoms with Gasteiger partial charge in [0.05, 0.1) is 10.6 Å². The first-order chi connectivity index (χ1) is 15.4. The SMILES string of the molecule is CCNCCOC(=O)CN/C(=C\C(=N)C(F)(F)F)c1nsc(-c2cccc(S(C)(=O)=O)c2)n1. The Labute approximate surface area is 192 Å². The minimum Gasteiger partial charge on any atom is -0.463 e. The van der Waals surface area contributed by atoms with Crippen LogP contribution in [0.4, 0.5) is 13.2 Å². The summed E-state index contributed by atoms with van der Waals surface area (Å²) in [6, 6.07) is 5.86. The molecule has 0 fully saturated rings. The van der Waals surface area contributed by atoms with E-state index in [0.29, 0.717) is 24.7 Å². The molecular weight excluding hydrogens is 483 g/mol. The van der Waals surface area contributed by atoms with Crippen LogP contribution in [-0.4, -0.2) is 68.1 Å².